The summed E-state index contributed by atoms with van der Waals surface area (Å²) in [4.78, 5) is 13.3. The summed E-state index contributed by atoms with van der Waals surface area (Å²) in [5, 5.41) is 20.3. The zero-order chi connectivity index (χ0) is 20.5. The van der Waals surface area contributed by atoms with Crippen molar-refractivity contribution in [1.82, 2.24) is 5.48 Å². The van der Waals surface area contributed by atoms with E-state index in [0.717, 1.165) is 24.3 Å². The van der Waals surface area contributed by atoms with E-state index in [9.17, 15) is 4.79 Å². The summed E-state index contributed by atoms with van der Waals surface area (Å²) >= 11 is 0. The second kappa shape index (κ2) is 12.2. The van der Waals surface area contributed by atoms with Crippen LogP contribution in [0.5, 0.6) is 0 Å². The third-order valence-electron chi connectivity index (χ3n) is 4.46. The van der Waals surface area contributed by atoms with Crippen molar-refractivity contribution in [3.63, 3.8) is 0 Å². The smallest absolute Gasteiger partial charge is 0.382 e. The fourth-order valence-electron chi connectivity index (χ4n) is 2.99. The Morgan fingerprint density at radius 2 is 1.73 bits per heavy atom. The maximum Gasteiger partial charge on any atom is 2.00 e. The van der Waals surface area contributed by atoms with Gasteiger partial charge in [0.1, 0.15) is 5.84 Å². The Morgan fingerprint density at radius 3 is 2.27 bits per heavy atom. The number of nitrogens with one attached hydrogen (secondary N) is 3. The Bertz CT molecular complexity index is 894. The van der Waals surface area contributed by atoms with Crippen molar-refractivity contribution < 1.29 is 41.1 Å². The first-order valence-electron chi connectivity index (χ1n) is 9.23. The predicted molar refractivity (Wildman–Crippen MR) is 113 cm³/mol. The number of benzene rings is 3. The van der Waals surface area contributed by atoms with Gasteiger partial charge in [0.15, 0.2) is 0 Å². The minimum absolute atomic E-state index is 0. The van der Waals surface area contributed by atoms with E-state index in [1.807, 2.05) is 59.5 Å². The number of amidine groups is 1. The van der Waals surface area contributed by atoms with Gasteiger partial charge >= 0.3 is 31.1 Å². The molecule has 0 saturated carbocycles. The largest absolute Gasteiger partial charge is 2.00 e. The van der Waals surface area contributed by atoms with E-state index in [1.165, 1.54) is 0 Å². The summed E-state index contributed by atoms with van der Waals surface area (Å²) in [7, 11) is 0. The van der Waals surface area contributed by atoms with E-state index in [4.69, 9.17) is 10.6 Å². The molecule has 0 radical (unpaired) electrons. The second-order valence-corrected chi connectivity index (χ2v) is 6.38. The number of hydrogen-bond donors (Lipinski definition) is 4. The van der Waals surface area contributed by atoms with Crippen LogP contribution in [0.1, 0.15) is 16.8 Å². The number of carbonyl (C=O) groups is 1. The molecule has 3 aromatic rings. The molecular weight excluding hydrogens is 602 g/mol. The number of anilines is 2. The monoisotopic (exact) mass is 624 g/mol. The molecular formula is C23H22N4O2U. The summed E-state index contributed by atoms with van der Waals surface area (Å²) in [6.07, 6.45) is 0.826. The zero-order valence-corrected chi connectivity index (χ0v) is 20.5. The molecule has 1 aliphatic rings. The fourth-order valence-corrected chi connectivity index (χ4v) is 2.99. The molecule has 1 atom stereocenters. The van der Waals surface area contributed by atoms with Gasteiger partial charge < -0.3 is 10.2 Å². The van der Waals surface area contributed by atoms with E-state index in [-0.39, 0.29) is 37.2 Å². The molecule has 1 fully saturated rings. The molecule has 1 aliphatic heterocycles. The van der Waals surface area contributed by atoms with E-state index in [2.05, 4.69) is 17.4 Å². The number of nitrogens with zero attached hydrogens (tertiary/aromatic N) is 1. The van der Waals surface area contributed by atoms with E-state index >= 15 is 0 Å². The van der Waals surface area contributed by atoms with Gasteiger partial charge in [0.2, 0.25) is 0 Å². The van der Waals surface area contributed by atoms with Crippen LogP contribution in [-0.4, -0.2) is 29.5 Å². The maximum atomic E-state index is 11.3. The van der Waals surface area contributed by atoms with Crippen LogP contribution in [0.25, 0.3) is 0 Å². The zero-order valence-electron chi connectivity index (χ0n) is 16.3. The summed E-state index contributed by atoms with van der Waals surface area (Å²) < 4.78 is 0. The number of hydroxylamine groups is 1. The molecule has 7 heteroatoms. The van der Waals surface area contributed by atoms with E-state index in [0.29, 0.717) is 11.4 Å². The fraction of sp³-hybridized carbons (Fsp3) is 0.130. The van der Waals surface area contributed by atoms with Crippen LogP contribution < -0.4 is 15.7 Å². The van der Waals surface area contributed by atoms with Crippen LogP contribution in [0.3, 0.4) is 0 Å². The first-order valence-corrected chi connectivity index (χ1v) is 9.23. The standard InChI is InChI=1S/C17H17N4O2.C6H5.U/c18-16-15(10-11-21(16)14-4-2-1-3-5-14)19-13-8-6-12(7-9-13)17(22)20-23;1-2-4-6-5-3-1;/h1-2,4-9,15,18-19,23H,10-11H2,(H,20,22);1-5H;/q2*-1;+2. The first kappa shape index (κ1) is 23.7. The molecule has 1 heterocycles. The van der Waals surface area contributed by atoms with Gasteiger partial charge in [0.25, 0.3) is 5.91 Å². The first-order chi connectivity index (χ1) is 14.2. The van der Waals surface area contributed by atoms with Gasteiger partial charge in [-0.25, -0.2) is 5.48 Å². The van der Waals surface area contributed by atoms with Crippen molar-refractivity contribution in [2.24, 2.45) is 0 Å². The van der Waals surface area contributed by atoms with Crippen LogP contribution >= 0.6 is 0 Å². The van der Waals surface area contributed by atoms with Gasteiger partial charge in [-0.1, -0.05) is 5.69 Å². The van der Waals surface area contributed by atoms with Crippen LogP contribution in [0.15, 0.2) is 78.9 Å². The summed E-state index contributed by atoms with van der Waals surface area (Å²) in [5.74, 6) is -0.0292. The number of rotatable bonds is 4. The Hall–Kier alpha value is -2.59. The molecule has 0 aliphatic carbocycles. The van der Waals surface area contributed by atoms with Gasteiger partial charge in [0, 0.05) is 17.8 Å². The topological polar surface area (TPSA) is 88.5 Å². The molecule has 0 bridgehead atoms. The van der Waals surface area contributed by atoms with Crippen molar-refractivity contribution in [3.05, 3.63) is 96.6 Å². The minimum Gasteiger partial charge on any atom is -0.382 e. The Balaban J connectivity index is 0.000000395. The third kappa shape index (κ3) is 6.46. The Morgan fingerprint density at radius 1 is 1.03 bits per heavy atom. The number of amides is 1. The van der Waals surface area contributed by atoms with E-state index < -0.39 is 5.91 Å². The minimum atomic E-state index is -0.545. The van der Waals surface area contributed by atoms with Gasteiger partial charge in [-0.15, -0.1) is 6.07 Å². The molecule has 1 saturated heterocycles. The van der Waals surface area contributed by atoms with Gasteiger partial charge in [-0.05, 0) is 30.7 Å². The normalized spacial score (nSPS) is 14.8. The van der Waals surface area contributed by atoms with Crippen molar-refractivity contribution in [2.45, 2.75) is 12.5 Å². The van der Waals surface area contributed by atoms with Crippen molar-refractivity contribution in [2.75, 3.05) is 16.8 Å². The van der Waals surface area contributed by atoms with Crippen LogP contribution in [0.4, 0.5) is 11.4 Å². The quantitative estimate of drug-likeness (QED) is 0.202. The molecule has 0 spiro atoms. The molecule has 1 unspecified atom stereocenters. The van der Waals surface area contributed by atoms with Crippen molar-refractivity contribution in [3.8, 4) is 0 Å². The second-order valence-electron chi connectivity index (χ2n) is 6.38. The summed E-state index contributed by atoms with van der Waals surface area (Å²) in [6.45, 7) is 0.777. The predicted octanol–water partition coefficient (Wildman–Crippen LogP) is 3.76. The molecule has 4 rings (SSSR count). The Labute approximate surface area is 200 Å². The van der Waals surface area contributed by atoms with Gasteiger partial charge in [-0.2, -0.15) is 60.7 Å². The maximum absolute atomic E-state index is 11.3. The molecule has 1 amide bonds. The molecule has 0 aromatic heterocycles. The molecule has 4 N–H and O–H groups in total. The molecule has 30 heavy (non-hydrogen) atoms. The molecule has 3 aromatic carbocycles. The number of hydrogen-bond acceptors (Lipinski definition) is 4. The number of carbonyl (C=O) groups excluding carboxylic acids is 1. The average molecular weight is 624 g/mol. The summed E-state index contributed by atoms with van der Waals surface area (Å²) in [5.41, 5.74) is 3.78. The molecule has 150 valence electrons. The average Bonchev–Trinajstić information content (AvgIpc) is 3.16. The SMILES string of the molecule is N=C1C(Nc2ccc(C(=O)NO)cc2)CCN1c1c[c-]ccc1.[U+2].[c-]1ccccc1. The van der Waals surface area contributed by atoms with Crippen molar-refractivity contribution in [1.29, 1.82) is 5.41 Å². The van der Waals surface area contributed by atoms with E-state index in [1.54, 1.807) is 29.7 Å². The van der Waals surface area contributed by atoms with Gasteiger partial charge in [0.05, 0.1) is 6.04 Å². The van der Waals surface area contributed by atoms with Crippen LogP contribution in [0, 0.1) is 48.7 Å². The van der Waals surface area contributed by atoms with Crippen LogP contribution in [0.2, 0.25) is 0 Å². The third-order valence-corrected chi connectivity index (χ3v) is 4.46. The van der Waals surface area contributed by atoms with Crippen molar-refractivity contribution >= 4 is 23.1 Å². The van der Waals surface area contributed by atoms with Crippen LogP contribution in [-0.2, 0) is 0 Å². The Kier molecular flexibility index (Phi) is 9.62. The molecule has 6 nitrogen and oxygen atoms in total. The summed E-state index contributed by atoms with van der Waals surface area (Å²) in [6, 6.07) is 29.8. The van der Waals surface area contributed by atoms with Gasteiger partial charge in [-0.3, -0.25) is 15.4 Å².